The van der Waals surface area contributed by atoms with Crippen molar-refractivity contribution in [2.75, 3.05) is 13.2 Å². The molecule has 0 radical (unpaired) electrons. The molecule has 1 unspecified atom stereocenters. The molecule has 1 atom stereocenters. The van der Waals surface area contributed by atoms with E-state index in [1.807, 2.05) is 42.5 Å². The van der Waals surface area contributed by atoms with Crippen LogP contribution in [0, 0.1) is 0 Å². The van der Waals surface area contributed by atoms with Crippen LogP contribution in [0.2, 0.25) is 0 Å². The monoisotopic (exact) mass is 759 g/mol. The Kier molecular flexibility index (Phi) is 39.3. The molecule has 0 rings (SSSR count). The maximum atomic E-state index is 12.7. The first kappa shape index (κ1) is 50.8. The zero-order valence-corrected chi connectivity index (χ0v) is 34.6. The van der Waals surface area contributed by atoms with Crippen molar-refractivity contribution in [2.24, 2.45) is 0 Å². The standard InChI is InChI=1S/C49H74O6/c1-4-7-10-13-16-19-21-23-24-26-27-30-33-36-39-42-48(51)54-45-46(44-53-47(50)41-38-35-32-29-18-15-12-9-6-3)55-49(52)43-40-37-34-31-28-25-22-20-17-14-11-8-5-2/h7-14,16-24,29,35,38,46H,4-6,15,25-28,30-34,36-37,39-45H2,1-3H3/b10-7-,11-8-,12-9-,16-13-,17-14-,21-19-,22-20-,24-23-,29-18-,38-35-. The van der Waals surface area contributed by atoms with Crippen molar-refractivity contribution in [3.63, 3.8) is 0 Å². The fourth-order valence-corrected chi connectivity index (χ4v) is 5.04. The highest BCUT2D eigenvalue weighted by atomic mass is 16.6. The molecule has 6 heteroatoms. The second kappa shape index (κ2) is 42.6. The minimum atomic E-state index is -0.835. The highest BCUT2D eigenvalue weighted by Gasteiger charge is 2.19. The van der Waals surface area contributed by atoms with Gasteiger partial charge in [0.2, 0.25) is 0 Å². The van der Waals surface area contributed by atoms with Gasteiger partial charge in [-0.15, -0.1) is 0 Å². The van der Waals surface area contributed by atoms with E-state index in [1.165, 1.54) is 0 Å². The van der Waals surface area contributed by atoms with Crippen molar-refractivity contribution in [3.8, 4) is 0 Å². The lowest BCUT2D eigenvalue weighted by molar-refractivity contribution is -0.166. The first-order valence-electron chi connectivity index (χ1n) is 21.1. The van der Waals surface area contributed by atoms with E-state index in [-0.39, 0.29) is 38.0 Å². The van der Waals surface area contributed by atoms with E-state index in [0.29, 0.717) is 6.42 Å². The third-order valence-electron chi connectivity index (χ3n) is 8.13. The predicted molar refractivity (Wildman–Crippen MR) is 233 cm³/mol. The Morgan fingerprint density at radius 2 is 0.800 bits per heavy atom. The molecule has 0 aromatic heterocycles. The Balaban J connectivity index is 4.55. The summed E-state index contributed by atoms with van der Waals surface area (Å²) in [5.74, 6) is -1.12. The third-order valence-corrected chi connectivity index (χ3v) is 8.13. The minimum absolute atomic E-state index is 0.120. The zero-order valence-electron chi connectivity index (χ0n) is 34.6. The van der Waals surface area contributed by atoms with Crippen LogP contribution in [0.15, 0.2) is 122 Å². The highest BCUT2D eigenvalue weighted by molar-refractivity contribution is 5.72. The quantitative estimate of drug-likeness (QED) is 0.0210. The summed E-state index contributed by atoms with van der Waals surface area (Å²) in [6.45, 7) is 6.06. The van der Waals surface area contributed by atoms with Gasteiger partial charge in [0.1, 0.15) is 13.2 Å². The highest BCUT2D eigenvalue weighted by Crippen LogP contribution is 2.11. The van der Waals surface area contributed by atoms with Crippen molar-refractivity contribution < 1.29 is 28.6 Å². The van der Waals surface area contributed by atoms with Gasteiger partial charge in [-0.25, -0.2) is 0 Å². The molecule has 55 heavy (non-hydrogen) atoms. The first-order chi connectivity index (χ1) is 27.0. The predicted octanol–water partition coefficient (Wildman–Crippen LogP) is 13.4. The number of hydrogen-bond donors (Lipinski definition) is 0. The SMILES string of the molecule is CC\C=C/C=C\C=C/C=C\CCCCCCCC(=O)OCC(COC(=O)C/C=C\C/C=C\C/C=C\CC)OC(=O)CCCCCCC\C=C/C=C\C=C/CC. The van der Waals surface area contributed by atoms with E-state index in [9.17, 15) is 14.4 Å². The van der Waals surface area contributed by atoms with Crippen LogP contribution in [0.5, 0.6) is 0 Å². The van der Waals surface area contributed by atoms with Gasteiger partial charge in [0.25, 0.3) is 0 Å². The van der Waals surface area contributed by atoms with E-state index in [2.05, 4.69) is 93.7 Å². The normalized spacial score (nSPS) is 13.3. The van der Waals surface area contributed by atoms with Gasteiger partial charge in [-0.3, -0.25) is 14.4 Å². The van der Waals surface area contributed by atoms with Gasteiger partial charge in [0.15, 0.2) is 6.10 Å². The number of unbranched alkanes of at least 4 members (excludes halogenated alkanes) is 10. The van der Waals surface area contributed by atoms with Crippen molar-refractivity contribution in [3.05, 3.63) is 122 Å². The first-order valence-corrected chi connectivity index (χ1v) is 21.1. The van der Waals surface area contributed by atoms with E-state index in [4.69, 9.17) is 14.2 Å². The Hall–Kier alpha value is -4.19. The summed E-state index contributed by atoms with van der Waals surface area (Å²) >= 11 is 0. The molecule has 0 aromatic carbocycles. The average molecular weight is 759 g/mol. The van der Waals surface area contributed by atoms with Crippen molar-refractivity contribution >= 4 is 17.9 Å². The van der Waals surface area contributed by atoms with Gasteiger partial charge < -0.3 is 14.2 Å². The fourth-order valence-electron chi connectivity index (χ4n) is 5.04. The molecule has 0 spiro atoms. The van der Waals surface area contributed by atoms with Crippen molar-refractivity contribution in [1.82, 2.24) is 0 Å². The van der Waals surface area contributed by atoms with Crippen LogP contribution in [0.3, 0.4) is 0 Å². The molecule has 0 bridgehead atoms. The molecule has 0 N–H and O–H groups in total. The number of carbonyl (C=O) groups is 3. The van der Waals surface area contributed by atoms with Gasteiger partial charge in [0.05, 0.1) is 6.42 Å². The second-order valence-electron chi connectivity index (χ2n) is 13.3. The van der Waals surface area contributed by atoms with E-state index < -0.39 is 12.1 Å². The summed E-state index contributed by atoms with van der Waals surface area (Å²) in [6.07, 6.45) is 57.8. The lowest BCUT2D eigenvalue weighted by Gasteiger charge is -2.18. The topological polar surface area (TPSA) is 78.9 Å². The molecule has 0 amide bonds. The molecule has 0 aliphatic carbocycles. The number of rotatable bonds is 35. The Bertz CT molecular complexity index is 1240. The number of allylic oxidation sites excluding steroid dienone is 19. The Morgan fingerprint density at radius 3 is 1.33 bits per heavy atom. The van der Waals surface area contributed by atoms with Gasteiger partial charge in [-0.05, 0) is 70.6 Å². The van der Waals surface area contributed by atoms with Crippen LogP contribution >= 0.6 is 0 Å². The molecule has 0 saturated heterocycles. The van der Waals surface area contributed by atoms with Gasteiger partial charge >= 0.3 is 17.9 Å². The van der Waals surface area contributed by atoms with Crippen LogP contribution < -0.4 is 0 Å². The molecule has 306 valence electrons. The fraction of sp³-hybridized carbons (Fsp3) is 0.531. The molecule has 0 aromatic rings. The zero-order chi connectivity index (χ0) is 40.1. The summed E-state index contributed by atoms with van der Waals surface area (Å²) in [6, 6.07) is 0. The van der Waals surface area contributed by atoms with E-state index in [1.54, 1.807) is 6.08 Å². The molecule has 0 aliphatic heterocycles. The summed E-state index contributed by atoms with van der Waals surface area (Å²) < 4.78 is 16.5. The summed E-state index contributed by atoms with van der Waals surface area (Å²) in [7, 11) is 0. The van der Waals surface area contributed by atoms with Crippen molar-refractivity contribution in [1.29, 1.82) is 0 Å². The van der Waals surface area contributed by atoms with Gasteiger partial charge in [-0.1, -0.05) is 181 Å². The Morgan fingerprint density at radius 1 is 0.400 bits per heavy atom. The molecule has 0 fully saturated rings. The van der Waals surface area contributed by atoms with Crippen LogP contribution in [0.4, 0.5) is 0 Å². The third kappa shape index (κ3) is 40.8. The molecule has 0 heterocycles. The molecule has 6 nitrogen and oxygen atoms in total. The summed E-state index contributed by atoms with van der Waals surface area (Å²) in [5.41, 5.74) is 0. The number of hydrogen-bond acceptors (Lipinski definition) is 6. The second-order valence-corrected chi connectivity index (χ2v) is 13.3. The van der Waals surface area contributed by atoms with Crippen LogP contribution in [0.25, 0.3) is 0 Å². The summed E-state index contributed by atoms with van der Waals surface area (Å²) in [5, 5.41) is 0. The maximum absolute atomic E-state index is 12.7. The van der Waals surface area contributed by atoms with Crippen molar-refractivity contribution in [2.45, 2.75) is 155 Å². The van der Waals surface area contributed by atoms with E-state index in [0.717, 1.165) is 109 Å². The average Bonchev–Trinajstić information content (AvgIpc) is 3.18. The molecule has 0 aliphatic rings. The Labute approximate surface area is 335 Å². The van der Waals surface area contributed by atoms with E-state index >= 15 is 0 Å². The van der Waals surface area contributed by atoms with Crippen LogP contribution in [0.1, 0.15) is 149 Å². The smallest absolute Gasteiger partial charge is 0.309 e. The summed E-state index contributed by atoms with van der Waals surface area (Å²) in [4.78, 5) is 37.5. The lowest BCUT2D eigenvalue weighted by Crippen LogP contribution is -2.30. The molecule has 0 saturated carbocycles. The number of ether oxygens (including phenoxy) is 3. The lowest BCUT2D eigenvalue weighted by atomic mass is 10.1. The van der Waals surface area contributed by atoms with Gasteiger partial charge in [-0.2, -0.15) is 0 Å². The van der Waals surface area contributed by atoms with Crippen LogP contribution in [-0.2, 0) is 28.6 Å². The minimum Gasteiger partial charge on any atom is -0.462 e. The van der Waals surface area contributed by atoms with Crippen LogP contribution in [-0.4, -0.2) is 37.2 Å². The number of esters is 3. The molecular formula is C49H74O6. The molecular weight excluding hydrogens is 685 g/mol. The largest absolute Gasteiger partial charge is 0.462 e. The maximum Gasteiger partial charge on any atom is 0.309 e. The number of carbonyl (C=O) groups excluding carboxylic acids is 3. The van der Waals surface area contributed by atoms with Gasteiger partial charge in [0, 0.05) is 12.8 Å².